The molecule has 0 unspecified atom stereocenters. The second-order valence-corrected chi connectivity index (χ2v) is 14.0. The minimum absolute atomic E-state index is 0.633. The minimum atomic E-state index is 0.633. The molecule has 10 aromatic rings. The topological polar surface area (TPSA) is 51.6 Å². The fourth-order valence-electron chi connectivity index (χ4n) is 7.44. The summed E-state index contributed by atoms with van der Waals surface area (Å²) in [5.74, 6) is 1.91. The highest BCUT2D eigenvalue weighted by Crippen LogP contribution is 2.34. The first-order valence-corrected chi connectivity index (χ1v) is 18.8. The predicted octanol–water partition coefficient (Wildman–Crippen LogP) is 13.2. The van der Waals surface area contributed by atoms with Gasteiger partial charge in [0.25, 0.3) is 0 Å². The van der Waals surface area contributed by atoms with Gasteiger partial charge in [0.1, 0.15) is 0 Å². The van der Waals surface area contributed by atoms with Crippen molar-refractivity contribution in [3.05, 3.63) is 207 Å². The summed E-state index contributed by atoms with van der Waals surface area (Å²) in [4.78, 5) is 19.3. The molecule has 2 aromatic heterocycles. The summed E-state index contributed by atoms with van der Waals surface area (Å²) in [6, 6.07) is 68.1. The van der Waals surface area contributed by atoms with Crippen LogP contribution in [-0.2, 0) is 0 Å². The Morgan fingerprint density at radius 2 is 0.661 bits per heavy atom. The molecule has 0 amide bonds. The summed E-state index contributed by atoms with van der Waals surface area (Å²) in [5, 5.41) is 4.82. The van der Waals surface area contributed by atoms with Gasteiger partial charge in [0, 0.05) is 34.5 Å². The first kappa shape index (κ1) is 33.0. The van der Waals surface area contributed by atoms with Crippen LogP contribution in [-0.4, -0.2) is 19.9 Å². The lowest BCUT2D eigenvalue weighted by molar-refractivity contribution is 1.07. The molecule has 262 valence electrons. The molecule has 4 heteroatoms. The Hall–Kier alpha value is -7.56. The van der Waals surface area contributed by atoms with Gasteiger partial charge in [-0.1, -0.05) is 170 Å². The number of nitrogens with zero attached hydrogens (tertiary/aromatic N) is 4. The van der Waals surface area contributed by atoms with Gasteiger partial charge >= 0.3 is 0 Å². The van der Waals surface area contributed by atoms with Crippen LogP contribution >= 0.6 is 0 Å². The van der Waals surface area contributed by atoms with E-state index in [1.807, 2.05) is 48.8 Å². The highest BCUT2D eigenvalue weighted by Gasteiger charge is 2.14. The van der Waals surface area contributed by atoms with E-state index in [9.17, 15) is 0 Å². The first-order valence-electron chi connectivity index (χ1n) is 18.8. The number of fused-ring (bicyclic) bond motifs is 3. The molecule has 0 bridgehead atoms. The summed E-state index contributed by atoms with van der Waals surface area (Å²) in [5.41, 5.74) is 12.0. The zero-order chi connectivity index (χ0) is 37.3. The summed E-state index contributed by atoms with van der Waals surface area (Å²) in [7, 11) is 0. The molecular weight excluding hydrogens is 681 g/mol. The van der Waals surface area contributed by atoms with E-state index in [-0.39, 0.29) is 0 Å². The minimum Gasteiger partial charge on any atom is -0.264 e. The van der Waals surface area contributed by atoms with Crippen LogP contribution in [0.1, 0.15) is 0 Å². The average molecular weight is 715 g/mol. The summed E-state index contributed by atoms with van der Waals surface area (Å²) in [6.45, 7) is 0. The summed E-state index contributed by atoms with van der Waals surface area (Å²) < 4.78 is 0. The van der Waals surface area contributed by atoms with Crippen LogP contribution in [0.15, 0.2) is 207 Å². The number of rotatable bonds is 7. The predicted molar refractivity (Wildman–Crippen MR) is 231 cm³/mol. The number of aromatic nitrogens is 4. The quantitative estimate of drug-likeness (QED) is 0.154. The Morgan fingerprint density at radius 1 is 0.250 bits per heavy atom. The van der Waals surface area contributed by atoms with Crippen molar-refractivity contribution in [1.82, 2.24) is 19.9 Å². The molecule has 0 saturated heterocycles. The van der Waals surface area contributed by atoms with Crippen molar-refractivity contribution in [2.24, 2.45) is 0 Å². The van der Waals surface area contributed by atoms with Crippen molar-refractivity contribution in [3.63, 3.8) is 0 Å². The molecule has 10 rings (SSSR count). The standard InChI is InChI=1S/C52H34N4/c1-3-9-35(10-4-1)36-21-24-41(25-22-36)51-54-50(40-11-5-2-6-12-40)55-52(56-51)47-16-8-15-44(33-47)43-14-7-13-42(31-43)37-17-19-38(20-18-37)45-27-28-48-46(32-45)26-23-39-29-30-53-34-49(39)48/h1-34H. The van der Waals surface area contributed by atoms with Crippen molar-refractivity contribution in [1.29, 1.82) is 0 Å². The zero-order valence-corrected chi connectivity index (χ0v) is 30.4. The van der Waals surface area contributed by atoms with E-state index in [1.54, 1.807) is 0 Å². The van der Waals surface area contributed by atoms with Crippen LogP contribution in [0.2, 0.25) is 0 Å². The maximum atomic E-state index is 5.04. The van der Waals surface area contributed by atoms with Crippen molar-refractivity contribution in [3.8, 4) is 78.7 Å². The Kier molecular flexibility index (Phi) is 8.47. The molecule has 0 N–H and O–H groups in total. The smallest absolute Gasteiger partial charge is 0.164 e. The van der Waals surface area contributed by atoms with Crippen LogP contribution in [0, 0.1) is 0 Å². The van der Waals surface area contributed by atoms with Gasteiger partial charge in [0.15, 0.2) is 17.5 Å². The number of benzene rings is 8. The van der Waals surface area contributed by atoms with Gasteiger partial charge in [-0.2, -0.15) is 0 Å². The lowest BCUT2D eigenvalue weighted by Crippen LogP contribution is -2.00. The molecule has 4 nitrogen and oxygen atoms in total. The van der Waals surface area contributed by atoms with E-state index >= 15 is 0 Å². The van der Waals surface area contributed by atoms with Crippen LogP contribution in [0.5, 0.6) is 0 Å². The Balaban J connectivity index is 0.957. The molecule has 56 heavy (non-hydrogen) atoms. The van der Waals surface area contributed by atoms with E-state index < -0.39 is 0 Å². The molecule has 2 heterocycles. The molecule has 0 saturated carbocycles. The van der Waals surface area contributed by atoms with Crippen molar-refractivity contribution >= 4 is 21.5 Å². The molecule has 0 atom stereocenters. The molecular formula is C52H34N4. The highest BCUT2D eigenvalue weighted by molar-refractivity contribution is 6.08. The van der Waals surface area contributed by atoms with Gasteiger partial charge in [-0.25, -0.2) is 15.0 Å². The van der Waals surface area contributed by atoms with Crippen LogP contribution in [0.25, 0.3) is 100 Å². The molecule has 0 aliphatic carbocycles. The Labute approximate surface area is 325 Å². The third-order valence-corrected chi connectivity index (χ3v) is 10.4. The fraction of sp³-hybridized carbons (Fsp3) is 0. The van der Waals surface area contributed by atoms with Crippen LogP contribution in [0.4, 0.5) is 0 Å². The third-order valence-electron chi connectivity index (χ3n) is 10.4. The van der Waals surface area contributed by atoms with E-state index in [1.165, 1.54) is 38.2 Å². The average Bonchev–Trinajstić information content (AvgIpc) is 3.29. The fourth-order valence-corrected chi connectivity index (χ4v) is 7.44. The van der Waals surface area contributed by atoms with Gasteiger partial charge in [0.05, 0.1) is 0 Å². The Morgan fingerprint density at radius 3 is 1.30 bits per heavy atom. The monoisotopic (exact) mass is 714 g/mol. The zero-order valence-electron chi connectivity index (χ0n) is 30.4. The first-order chi connectivity index (χ1) is 27.7. The summed E-state index contributed by atoms with van der Waals surface area (Å²) in [6.07, 6.45) is 3.80. The maximum Gasteiger partial charge on any atom is 0.164 e. The van der Waals surface area contributed by atoms with E-state index in [0.717, 1.165) is 44.5 Å². The normalized spacial score (nSPS) is 11.2. The number of pyridine rings is 1. The lowest BCUT2D eigenvalue weighted by Gasteiger charge is -2.11. The van der Waals surface area contributed by atoms with Gasteiger partial charge in [0.2, 0.25) is 0 Å². The molecule has 0 spiro atoms. The molecule has 8 aromatic carbocycles. The van der Waals surface area contributed by atoms with Crippen molar-refractivity contribution in [2.75, 3.05) is 0 Å². The molecule has 0 radical (unpaired) electrons. The van der Waals surface area contributed by atoms with Crippen LogP contribution in [0.3, 0.4) is 0 Å². The van der Waals surface area contributed by atoms with E-state index in [0.29, 0.717) is 17.5 Å². The molecule has 0 aliphatic heterocycles. The SMILES string of the molecule is c1ccc(-c2ccc(-c3nc(-c4ccccc4)nc(-c4cccc(-c5cccc(-c6ccc(-c7ccc8c(ccc9ccncc98)c7)cc6)c5)c4)n3)cc2)cc1. The van der Waals surface area contributed by atoms with Crippen molar-refractivity contribution in [2.45, 2.75) is 0 Å². The largest absolute Gasteiger partial charge is 0.264 e. The maximum absolute atomic E-state index is 5.04. The highest BCUT2D eigenvalue weighted by atomic mass is 15.0. The van der Waals surface area contributed by atoms with Gasteiger partial charge < -0.3 is 0 Å². The lowest BCUT2D eigenvalue weighted by atomic mass is 9.95. The van der Waals surface area contributed by atoms with Crippen molar-refractivity contribution < 1.29 is 0 Å². The molecule has 0 aliphatic rings. The Bertz CT molecular complexity index is 2990. The van der Waals surface area contributed by atoms with E-state index in [4.69, 9.17) is 15.0 Å². The van der Waals surface area contributed by atoms with Gasteiger partial charge in [-0.15, -0.1) is 0 Å². The second-order valence-electron chi connectivity index (χ2n) is 14.0. The van der Waals surface area contributed by atoms with Gasteiger partial charge in [-0.05, 0) is 84.9 Å². The van der Waals surface area contributed by atoms with E-state index in [2.05, 4.69) is 163 Å². The third kappa shape index (κ3) is 6.50. The number of hydrogen-bond acceptors (Lipinski definition) is 4. The number of hydrogen-bond donors (Lipinski definition) is 0. The molecule has 0 fully saturated rings. The second kappa shape index (κ2) is 14.3. The van der Waals surface area contributed by atoms with Gasteiger partial charge in [-0.3, -0.25) is 4.98 Å². The van der Waals surface area contributed by atoms with Crippen LogP contribution < -0.4 is 0 Å². The summed E-state index contributed by atoms with van der Waals surface area (Å²) >= 11 is 0.